The van der Waals surface area contributed by atoms with Crippen molar-refractivity contribution < 1.29 is 18.8 Å². The zero-order valence-electron chi connectivity index (χ0n) is 15.9. The summed E-state index contributed by atoms with van der Waals surface area (Å²) in [6.07, 6.45) is 3.25. The number of fused-ring (bicyclic) bond motifs is 1. The molecule has 28 heavy (non-hydrogen) atoms. The molecule has 2 aromatic heterocycles. The third-order valence-corrected chi connectivity index (χ3v) is 6.54. The van der Waals surface area contributed by atoms with Crippen molar-refractivity contribution in [3.05, 3.63) is 47.2 Å². The largest absolute Gasteiger partial charge is 0.490 e. The SMILES string of the molecule is C[C@@H](c1nnc(-c2cccs2)o1)[NH+]1CCC[C@@H]1c1ccc2c(c1)OCCCO2. The van der Waals surface area contributed by atoms with E-state index in [2.05, 4.69) is 35.3 Å². The number of nitrogens with one attached hydrogen (secondary N) is 1. The molecule has 2 aliphatic rings. The van der Waals surface area contributed by atoms with E-state index in [0.717, 1.165) is 35.8 Å². The lowest BCUT2D eigenvalue weighted by atomic mass is 10.0. The van der Waals surface area contributed by atoms with Gasteiger partial charge in [0.15, 0.2) is 17.5 Å². The molecule has 0 aliphatic carbocycles. The molecule has 1 N–H and O–H groups in total. The minimum absolute atomic E-state index is 0.143. The van der Waals surface area contributed by atoms with E-state index in [0.29, 0.717) is 31.0 Å². The van der Waals surface area contributed by atoms with Gasteiger partial charge in [-0.15, -0.1) is 21.5 Å². The summed E-state index contributed by atoms with van der Waals surface area (Å²) in [5.74, 6) is 3.04. The number of benzene rings is 1. The first kappa shape index (κ1) is 17.7. The van der Waals surface area contributed by atoms with Gasteiger partial charge in [-0.05, 0) is 36.6 Å². The first-order valence-corrected chi connectivity index (χ1v) is 10.8. The fourth-order valence-electron chi connectivity index (χ4n) is 4.23. The van der Waals surface area contributed by atoms with Crippen LogP contribution >= 0.6 is 11.3 Å². The molecule has 0 saturated carbocycles. The van der Waals surface area contributed by atoms with Crippen LogP contribution in [0.2, 0.25) is 0 Å². The van der Waals surface area contributed by atoms with Gasteiger partial charge in [-0.2, -0.15) is 0 Å². The number of likely N-dealkylation sites (tertiary alicyclic amines) is 1. The Hall–Kier alpha value is -2.38. The molecule has 5 rings (SSSR count). The molecule has 3 atom stereocenters. The number of aromatic nitrogens is 2. The maximum atomic E-state index is 6.02. The topological polar surface area (TPSA) is 61.8 Å². The molecule has 6 nitrogen and oxygen atoms in total. The Morgan fingerprint density at radius 3 is 2.86 bits per heavy atom. The number of thiophene rings is 1. The summed E-state index contributed by atoms with van der Waals surface area (Å²) in [6, 6.07) is 10.9. The summed E-state index contributed by atoms with van der Waals surface area (Å²) in [4.78, 5) is 2.48. The second kappa shape index (κ2) is 7.56. The monoisotopic (exact) mass is 398 g/mol. The minimum atomic E-state index is 0.143. The van der Waals surface area contributed by atoms with E-state index in [1.54, 1.807) is 11.3 Å². The average molecular weight is 399 g/mol. The highest BCUT2D eigenvalue weighted by molar-refractivity contribution is 7.13. The Balaban J connectivity index is 1.39. The number of rotatable bonds is 4. The second-order valence-electron chi connectivity index (χ2n) is 7.42. The molecule has 0 amide bonds. The van der Waals surface area contributed by atoms with Gasteiger partial charge in [-0.1, -0.05) is 6.07 Å². The van der Waals surface area contributed by atoms with Crippen LogP contribution in [0.5, 0.6) is 11.5 Å². The van der Waals surface area contributed by atoms with Gasteiger partial charge in [0.25, 0.3) is 11.8 Å². The van der Waals surface area contributed by atoms with Gasteiger partial charge in [-0.3, -0.25) is 0 Å². The lowest BCUT2D eigenvalue weighted by Crippen LogP contribution is -3.10. The first-order valence-electron chi connectivity index (χ1n) is 9.92. The van der Waals surface area contributed by atoms with E-state index in [1.807, 2.05) is 17.5 Å². The molecule has 2 aliphatic heterocycles. The molecular weight excluding hydrogens is 374 g/mol. The van der Waals surface area contributed by atoms with Crippen molar-refractivity contribution >= 4 is 11.3 Å². The van der Waals surface area contributed by atoms with Crippen LogP contribution in [0.15, 0.2) is 40.1 Å². The molecular formula is C21H24N3O3S+. The van der Waals surface area contributed by atoms with Crippen LogP contribution in [0.25, 0.3) is 10.8 Å². The Labute approximate surface area is 168 Å². The second-order valence-corrected chi connectivity index (χ2v) is 8.37. The Bertz CT molecular complexity index is 940. The van der Waals surface area contributed by atoms with Crippen molar-refractivity contribution in [2.24, 2.45) is 0 Å². The number of hydrogen-bond donors (Lipinski definition) is 1. The molecule has 0 spiro atoms. The third-order valence-electron chi connectivity index (χ3n) is 5.68. The minimum Gasteiger partial charge on any atom is -0.490 e. The van der Waals surface area contributed by atoms with Gasteiger partial charge in [0.05, 0.1) is 24.6 Å². The smallest absolute Gasteiger partial charge is 0.274 e. The summed E-state index contributed by atoms with van der Waals surface area (Å²) in [5.41, 5.74) is 1.29. The molecule has 3 aromatic rings. The lowest BCUT2D eigenvalue weighted by molar-refractivity contribution is -0.948. The molecule has 7 heteroatoms. The highest BCUT2D eigenvalue weighted by Gasteiger charge is 2.37. The van der Waals surface area contributed by atoms with Crippen LogP contribution in [-0.4, -0.2) is 30.0 Å². The molecule has 146 valence electrons. The highest BCUT2D eigenvalue weighted by Crippen LogP contribution is 2.34. The summed E-state index contributed by atoms with van der Waals surface area (Å²) in [7, 11) is 0. The summed E-state index contributed by atoms with van der Waals surface area (Å²) in [5, 5.41) is 10.6. The number of quaternary nitrogens is 1. The van der Waals surface area contributed by atoms with Crippen molar-refractivity contribution in [3.8, 4) is 22.3 Å². The van der Waals surface area contributed by atoms with Crippen LogP contribution in [0.1, 0.15) is 49.7 Å². The van der Waals surface area contributed by atoms with Gasteiger partial charge in [-0.25, -0.2) is 0 Å². The lowest BCUT2D eigenvalue weighted by Gasteiger charge is -2.26. The Morgan fingerprint density at radius 1 is 1.11 bits per heavy atom. The first-order chi connectivity index (χ1) is 13.8. The molecule has 0 bridgehead atoms. The maximum Gasteiger partial charge on any atom is 0.274 e. The van der Waals surface area contributed by atoms with E-state index >= 15 is 0 Å². The van der Waals surface area contributed by atoms with Crippen molar-refractivity contribution in [1.29, 1.82) is 0 Å². The van der Waals surface area contributed by atoms with E-state index in [9.17, 15) is 0 Å². The molecule has 1 aromatic carbocycles. The van der Waals surface area contributed by atoms with Crippen molar-refractivity contribution in [3.63, 3.8) is 0 Å². The van der Waals surface area contributed by atoms with Gasteiger partial charge >= 0.3 is 0 Å². The van der Waals surface area contributed by atoms with Crippen molar-refractivity contribution in [2.75, 3.05) is 19.8 Å². The van der Waals surface area contributed by atoms with Crippen molar-refractivity contribution in [2.45, 2.75) is 38.3 Å². The third kappa shape index (κ3) is 3.29. The number of hydrogen-bond acceptors (Lipinski definition) is 6. The fraction of sp³-hybridized carbons (Fsp3) is 0.429. The average Bonchev–Trinajstić information content (AvgIpc) is 3.46. The number of ether oxygens (including phenoxy) is 2. The summed E-state index contributed by atoms with van der Waals surface area (Å²) < 4.78 is 17.7. The maximum absolute atomic E-state index is 6.02. The van der Waals surface area contributed by atoms with Crippen LogP contribution in [0.4, 0.5) is 0 Å². The van der Waals surface area contributed by atoms with E-state index in [1.165, 1.54) is 16.9 Å². The fourth-order valence-corrected chi connectivity index (χ4v) is 4.88. The summed E-state index contributed by atoms with van der Waals surface area (Å²) in [6.45, 7) is 4.70. The Kier molecular flexibility index (Phi) is 4.78. The highest BCUT2D eigenvalue weighted by atomic mass is 32.1. The van der Waals surface area contributed by atoms with Gasteiger partial charge in [0.1, 0.15) is 6.04 Å². The predicted octanol–water partition coefficient (Wildman–Crippen LogP) is 3.44. The molecule has 1 saturated heterocycles. The zero-order chi connectivity index (χ0) is 18.9. The molecule has 4 heterocycles. The zero-order valence-corrected chi connectivity index (χ0v) is 16.7. The van der Waals surface area contributed by atoms with Crippen LogP contribution in [0, 0.1) is 0 Å². The van der Waals surface area contributed by atoms with Gasteiger partial charge in [0.2, 0.25) is 0 Å². The van der Waals surface area contributed by atoms with Crippen molar-refractivity contribution in [1.82, 2.24) is 10.2 Å². The quantitative estimate of drug-likeness (QED) is 0.729. The van der Waals surface area contributed by atoms with E-state index in [4.69, 9.17) is 13.9 Å². The predicted molar refractivity (Wildman–Crippen MR) is 106 cm³/mol. The van der Waals surface area contributed by atoms with Crippen LogP contribution < -0.4 is 14.4 Å². The van der Waals surface area contributed by atoms with E-state index in [-0.39, 0.29) is 6.04 Å². The normalized spacial score (nSPS) is 22.8. The molecule has 1 unspecified atom stereocenters. The van der Waals surface area contributed by atoms with Crippen LogP contribution in [-0.2, 0) is 0 Å². The van der Waals surface area contributed by atoms with Gasteiger partial charge in [0, 0.05) is 24.8 Å². The Morgan fingerprint density at radius 2 is 2.00 bits per heavy atom. The summed E-state index contributed by atoms with van der Waals surface area (Å²) >= 11 is 1.62. The molecule has 1 fully saturated rings. The van der Waals surface area contributed by atoms with Crippen LogP contribution in [0.3, 0.4) is 0 Å². The molecule has 0 radical (unpaired) electrons. The van der Waals surface area contributed by atoms with E-state index < -0.39 is 0 Å². The standard InChI is InChI=1S/C21H23N3O3S/c1-14(20-22-23-21(27-20)19-6-3-12-28-19)24-9-2-5-16(24)15-7-8-17-18(13-15)26-11-4-10-25-17/h3,6-8,12-14,16H,2,4-5,9-11H2,1H3/p+1/t14-,16+/m0/s1. The number of nitrogens with zero attached hydrogens (tertiary/aromatic N) is 2. The van der Waals surface area contributed by atoms with Gasteiger partial charge < -0.3 is 18.8 Å².